The van der Waals surface area contributed by atoms with Crippen LogP contribution in [0.1, 0.15) is 48.9 Å². The predicted molar refractivity (Wildman–Crippen MR) is 89.6 cm³/mol. The third-order valence-corrected chi connectivity index (χ3v) is 4.79. The number of nitrogens with one attached hydrogen (secondary N) is 1. The van der Waals surface area contributed by atoms with Crippen molar-refractivity contribution in [3.63, 3.8) is 0 Å². The average molecular weight is 279 g/mol. The van der Waals surface area contributed by atoms with E-state index in [1.165, 1.54) is 36.0 Å². The molecular formula is C20H25N. The first kappa shape index (κ1) is 14.3. The standard InChI is InChI=1S/C20H25N/c1-3-15-21-19(18-12-8-7-9-16(18)2)20(13-14-20)17-10-5-4-6-11-17/h4-12,19,21H,3,13-15H2,1-2H3. The quantitative estimate of drug-likeness (QED) is 0.803. The lowest BCUT2D eigenvalue weighted by Crippen LogP contribution is -2.33. The summed E-state index contributed by atoms with van der Waals surface area (Å²) in [4.78, 5) is 0. The Balaban J connectivity index is 1.99. The molecule has 1 aliphatic carbocycles. The Morgan fingerprint density at radius 1 is 1.00 bits per heavy atom. The van der Waals surface area contributed by atoms with Crippen LogP contribution in [0.3, 0.4) is 0 Å². The van der Waals surface area contributed by atoms with E-state index in [0.29, 0.717) is 11.5 Å². The molecule has 0 aliphatic heterocycles. The highest BCUT2D eigenvalue weighted by molar-refractivity contribution is 5.41. The Bertz CT molecular complexity index is 584. The smallest absolute Gasteiger partial charge is 0.0420 e. The lowest BCUT2D eigenvalue weighted by molar-refractivity contribution is 0.428. The van der Waals surface area contributed by atoms with Crippen LogP contribution in [0.5, 0.6) is 0 Å². The van der Waals surface area contributed by atoms with Gasteiger partial charge < -0.3 is 5.32 Å². The summed E-state index contributed by atoms with van der Waals surface area (Å²) >= 11 is 0. The highest BCUT2D eigenvalue weighted by Crippen LogP contribution is 2.56. The number of hydrogen-bond acceptors (Lipinski definition) is 1. The van der Waals surface area contributed by atoms with E-state index in [1.54, 1.807) is 0 Å². The van der Waals surface area contributed by atoms with Gasteiger partial charge in [-0.05, 0) is 49.4 Å². The Kier molecular flexibility index (Phi) is 4.12. The third-order valence-electron chi connectivity index (χ3n) is 4.79. The van der Waals surface area contributed by atoms with Gasteiger partial charge >= 0.3 is 0 Å². The van der Waals surface area contributed by atoms with E-state index < -0.39 is 0 Å². The van der Waals surface area contributed by atoms with Crippen LogP contribution in [0.2, 0.25) is 0 Å². The summed E-state index contributed by atoms with van der Waals surface area (Å²) < 4.78 is 0. The van der Waals surface area contributed by atoms with Gasteiger partial charge in [0.25, 0.3) is 0 Å². The predicted octanol–water partition coefficient (Wildman–Crippen LogP) is 4.77. The second kappa shape index (κ2) is 6.03. The molecule has 1 atom stereocenters. The second-order valence-corrected chi connectivity index (χ2v) is 6.27. The van der Waals surface area contributed by atoms with Crippen LogP contribution in [0.4, 0.5) is 0 Å². The minimum atomic E-state index is 0.294. The van der Waals surface area contributed by atoms with Crippen molar-refractivity contribution in [2.45, 2.75) is 44.6 Å². The van der Waals surface area contributed by atoms with Crippen LogP contribution >= 0.6 is 0 Å². The summed E-state index contributed by atoms with van der Waals surface area (Å²) in [6.07, 6.45) is 3.74. The number of benzene rings is 2. The third kappa shape index (κ3) is 2.75. The van der Waals surface area contributed by atoms with Gasteiger partial charge in [0.1, 0.15) is 0 Å². The van der Waals surface area contributed by atoms with Crippen LogP contribution in [-0.4, -0.2) is 6.54 Å². The molecule has 21 heavy (non-hydrogen) atoms. The van der Waals surface area contributed by atoms with Gasteiger partial charge in [-0.25, -0.2) is 0 Å². The number of aryl methyl sites for hydroxylation is 1. The zero-order chi connectivity index (χ0) is 14.7. The Morgan fingerprint density at radius 2 is 1.67 bits per heavy atom. The summed E-state index contributed by atoms with van der Waals surface area (Å²) in [7, 11) is 0. The average Bonchev–Trinajstić information content (AvgIpc) is 3.32. The summed E-state index contributed by atoms with van der Waals surface area (Å²) in [6, 6.07) is 20.3. The minimum absolute atomic E-state index is 0.294. The van der Waals surface area contributed by atoms with Crippen molar-refractivity contribution in [3.05, 3.63) is 71.3 Å². The molecule has 1 saturated carbocycles. The van der Waals surface area contributed by atoms with E-state index in [9.17, 15) is 0 Å². The van der Waals surface area contributed by atoms with Crippen molar-refractivity contribution in [2.24, 2.45) is 0 Å². The van der Waals surface area contributed by atoms with E-state index in [0.717, 1.165) is 6.54 Å². The highest BCUT2D eigenvalue weighted by atomic mass is 14.9. The topological polar surface area (TPSA) is 12.0 Å². The molecule has 0 aromatic heterocycles. The van der Waals surface area contributed by atoms with Gasteiger partial charge in [0.2, 0.25) is 0 Å². The SMILES string of the molecule is CCCNC(c1ccccc1C)C1(c2ccccc2)CC1. The van der Waals surface area contributed by atoms with E-state index in [2.05, 4.69) is 73.8 Å². The summed E-state index contributed by atoms with van der Waals surface area (Å²) in [6.45, 7) is 5.55. The molecule has 2 aromatic rings. The van der Waals surface area contributed by atoms with Crippen molar-refractivity contribution in [1.82, 2.24) is 5.32 Å². The van der Waals surface area contributed by atoms with Gasteiger partial charge in [-0.15, -0.1) is 0 Å². The zero-order valence-corrected chi connectivity index (χ0v) is 13.1. The van der Waals surface area contributed by atoms with Gasteiger partial charge in [-0.2, -0.15) is 0 Å². The summed E-state index contributed by atoms with van der Waals surface area (Å²) in [5, 5.41) is 3.83. The van der Waals surface area contributed by atoms with Crippen molar-refractivity contribution < 1.29 is 0 Å². The maximum Gasteiger partial charge on any atom is 0.0420 e. The van der Waals surface area contributed by atoms with E-state index >= 15 is 0 Å². The largest absolute Gasteiger partial charge is 0.309 e. The Labute approximate surface area is 128 Å². The molecule has 0 spiro atoms. The van der Waals surface area contributed by atoms with Gasteiger partial charge in [0.05, 0.1) is 0 Å². The first-order valence-corrected chi connectivity index (χ1v) is 8.12. The molecule has 0 amide bonds. The molecule has 0 saturated heterocycles. The number of rotatable bonds is 6. The fraction of sp³-hybridized carbons (Fsp3) is 0.400. The molecule has 1 fully saturated rings. The van der Waals surface area contributed by atoms with E-state index in [4.69, 9.17) is 0 Å². The monoisotopic (exact) mass is 279 g/mol. The zero-order valence-electron chi connectivity index (χ0n) is 13.1. The van der Waals surface area contributed by atoms with Crippen LogP contribution in [0.15, 0.2) is 54.6 Å². The molecule has 0 radical (unpaired) electrons. The van der Waals surface area contributed by atoms with Gasteiger partial charge in [-0.1, -0.05) is 61.5 Å². The first-order valence-electron chi connectivity index (χ1n) is 8.12. The van der Waals surface area contributed by atoms with Crippen molar-refractivity contribution in [2.75, 3.05) is 6.54 Å². The molecule has 3 rings (SSSR count). The Morgan fingerprint density at radius 3 is 2.29 bits per heavy atom. The van der Waals surface area contributed by atoms with Crippen LogP contribution < -0.4 is 5.32 Å². The highest BCUT2D eigenvalue weighted by Gasteiger charge is 2.51. The van der Waals surface area contributed by atoms with Crippen molar-refractivity contribution >= 4 is 0 Å². The van der Waals surface area contributed by atoms with E-state index in [1.807, 2.05) is 0 Å². The molecule has 2 aromatic carbocycles. The minimum Gasteiger partial charge on any atom is -0.309 e. The van der Waals surface area contributed by atoms with Crippen molar-refractivity contribution in [3.8, 4) is 0 Å². The van der Waals surface area contributed by atoms with Gasteiger partial charge in [0, 0.05) is 11.5 Å². The van der Waals surface area contributed by atoms with E-state index in [-0.39, 0.29) is 0 Å². The molecular weight excluding hydrogens is 254 g/mol. The molecule has 1 N–H and O–H groups in total. The fourth-order valence-corrected chi connectivity index (χ4v) is 3.45. The lowest BCUT2D eigenvalue weighted by Gasteiger charge is -2.30. The summed E-state index contributed by atoms with van der Waals surface area (Å²) in [5.74, 6) is 0. The lowest BCUT2D eigenvalue weighted by atomic mass is 9.82. The molecule has 1 nitrogen and oxygen atoms in total. The maximum absolute atomic E-state index is 3.83. The second-order valence-electron chi connectivity index (χ2n) is 6.27. The molecule has 1 heteroatoms. The maximum atomic E-state index is 3.83. The summed E-state index contributed by atoms with van der Waals surface area (Å²) in [5.41, 5.74) is 4.64. The fourth-order valence-electron chi connectivity index (χ4n) is 3.45. The normalized spacial score (nSPS) is 17.4. The van der Waals surface area contributed by atoms with Gasteiger partial charge in [-0.3, -0.25) is 0 Å². The molecule has 1 unspecified atom stereocenters. The molecule has 1 aliphatic rings. The van der Waals surface area contributed by atoms with Gasteiger partial charge in [0.15, 0.2) is 0 Å². The molecule has 0 heterocycles. The van der Waals surface area contributed by atoms with Crippen molar-refractivity contribution in [1.29, 1.82) is 0 Å². The number of hydrogen-bond donors (Lipinski definition) is 1. The first-order chi connectivity index (χ1) is 10.3. The molecule has 0 bridgehead atoms. The Hall–Kier alpha value is -1.60. The van der Waals surface area contributed by atoms with Crippen LogP contribution in [-0.2, 0) is 5.41 Å². The van der Waals surface area contributed by atoms with Crippen LogP contribution in [0, 0.1) is 6.92 Å². The molecule has 110 valence electrons. The van der Waals surface area contributed by atoms with Crippen LogP contribution in [0.25, 0.3) is 0 Å².